The fraction of sp³-hybridized carbons (Fsp3) is 0.927. The summed E-state index contributed by atoms with van der Waals surface area (Å²) in [5, 5.41) is 0. The van der Waals surface area contributed by atoms with Crippen molar-refractivity contribution in [1.82, 2.24) is 9.80 Å². The number of hydrogen-bond acceptors (Lipinski definition) is 10. The maximum atomic E-state index is 12.2. The average Bonchev–Trinajstić information content (AvgIpc) is 3.30. The summed E-state index contributed by atoms with van der Waals surface area (Å²) in [6.45, 7) is 12.8. The number of nitrogens with two attached hydrogens (primary N) is 1. The molecule has 11 heteroatoms. The van der Waals surface area contributed by atoms with E-state index in [0.717, 1.165) is 110 Å². The van der Waals surface area contributed by atoms with Gasteiger partial charge in [-0.2, -0.15) is 0 Å². The van der Waals surface area contributed by atoms with Gasteiger partial charge in [-0.3, -0.25) is 9.59 Å². The number of carbonyl (C=O) groups is 2. The number of carbonyl (C=O) groups excluding carboxylic acids is 2. The zero-order valence-electron chi connectivity index (χ0n) is 43.7. The highest BCUT2D eigenvalue weighted by molar-refractivity contribution is 7.39. The highest BCUT2D eigenvalue weighted by Gasteiger charge is 2.09. The molecule has 0 aliphatic rings. The summed E-state index contributed by atoms with van der Waals surface area (Å²) in [6.07, 6.45) is 50.6. The molecule has 0 saturated carbocycles. The summed E-state index contributed by atoms with van der Waals surface area (Å²) in [6, 6.07) is 0. The molecule has 0 heterocycles. The number of esters is 2. The Morgan fingerprint density at radius 3 is 1.18 bits per heavy atom. The second-order valence-electron chi connectivity index (χ2n) is 19.2. The molecular formula is C55H110N3O7P. The molecule has 0 aromatic rings. The number of allylic oxidation sites excluding steroid dienone is 1. The molecule has 0 aromatic heterocycles. The first-order valence-electron chi connectivity index (χ1n) is 28.3. The number of unbranched alkanes of at least 4 members (excludes halogenated alkanes) is 31. The second kappa shape index (κ2) is 54.8. The van der Waals surface area contributed by atoms with Gasteiger partial charge in [0.15, 0.2) is 0 Å². The third-order valence-electron chi connectivity index (χ3n) is 12.9. The van der Waals surface area contributed by atoms with Crippen molar-refractivity contribution >= 4 is 20.5 Å². The lowest BCUT2D eigenvalue weighted by molar-refractivity contribution is -0.144. The zero-order chi connectivity index (χ0) is 48.1. The molecular weight excluding hydrogens is 846 g/mol. The van der Waals surface area contributed by atoms with E-state index in [4.69, 9.17) is 29.5 Å². The molecule has 0 saturated heterocycles. The fourth-order valence-electron chi connectivity index (χ4n) is 8.72. The molecule has 10 nitrogen and oxygen atoms in total. The lowest BCUT2D eigenvalue weighted by Gasteiger charge is -2.22. The highest BCUT2D eigenvalue weighted by atomic mass is 31.2. The molecule has 0 fully saturated rings. The Morgan fingerprint density at radius 2 is 0.758 bits per heavy atom. The van der Waals surface area contributed by atoms with Crippen molar-refractivity contribution in [2.75, 3.05) is 65.6 Å². The van der Waals surface area contributed by atoms with E-state index in [-0.39, 0.29) is 11.9 Å². The molecule has 0 atom stereocenters. The average molecular weight is 956 g/mol. The van der Waals surface area contributed by atoms with Crippen LogP contribution in [0.4, 0.5) is 0 Å². The minimum atomic E-state index is -2.31. The lowest BCUT2D eigenvalue weighted by Crippen LogP contribution is -2.31. The number of ether oxygens (including phenoxy) is 2. The summed E-state index contributed by atoms with van der Waals surface area (Å²) in [5.74, 6) is -0.103. The monoisotopic (exact) mass is 956 g/mol. The maximum absolute atomic E-state index is 12.2. The standard InChI is InChI=1S/C55H110N3O7P/c1-3-5-7-9-11-12-13-20-28-36-45-57(49-44-56)46-37-29-21-14-15-25-33-41-52-64-55(60)43-35-27-19-17-23-31-39-48-58(50-53-65-66(61)62)47-38-30-22-16-18-26-34-42-54(59)63-51-40-32-24-10-8-6-4-2/h24,32,61-62H,3-23,25-31,33-53,56H2,1-2H3/b32-24-. The Morgan fingerprint density at radius 1 is 0.409 bits per heavy atom. The summed E-state index contributed by atoms with van der Waals surface area (Å²) in [7, 11) is -2.31. The van der Waals surface area contributed by atoms with Crippen LogP contribution in [0.1, 0.15) is 264 Å². The van der Waals surface area contributed by atoms with Crippen LogP contribution in [0.15, 0.2) is 12.2 Å². The summed E-state index contributed by atoms with van der Waals surface area (Å²) in [4.78, 5) is 47.5. The van der Waals surface area contributed by atoms with Crippen molar-refractivity contribution in [3.63, 3.8) is 0 Å². The van der Waals surface area contributed by atoms with E-state index in [1.165, 1.54) is 174 Å². The minimum Gasteiger partial charge on any atom is -0.466 e. The third-order valence-corrected chi connectivity index (χ3v) is 13.3. The topological polar surface area (TPSA) is 135 Å². The van der Waals surface area contributed by atoms with Crippen LogP contribution in [-0.4, -0.2) is 97.2 Å². The van der Waals surface area contributed by atoms with Gasteiger partial charge < -0.3 is 39.3 Å². The van der Waals surface area contributed by atoms with Crippen LogP contribution >= 0.6 is 8.60 Å². The van der Waals surface area contributed by atoms with E-state index in [0.29, 0.717) is 32.7 Å². The highest BCUT2D eigenvalue weighted by Crippen LogP contribution is 2.24. The third kappa shape index (κ3) is 52.2. The van der Waals surface area contributed by atoms with Gasteiger partial charge >= 0.3 is 20.5 Å². The zero-order valence-corrected chi connectivity index (χ0v) is 44.6. The van der Waals surface area contributed by atoms with Gasteiger partial charge in [0.2, 0.25) is 0 Å². The smallest absolute Gasteiger partial charge is 0.327 e. The fourth-order valence-corrected chi connectivity index (χ4v) is 8.97. The van der Waals surface area contributed by atoms with Crippen molar-refractivity contribution in [2.45, 2.75) is 264 Å². The summed E-state index contributed by atoms with van der Waals surface area (Å²) in [5.41, 5.74) is 5.91. The Balaban J connectivity index is 3.73. The van der Waals surface area contributed by atoms with E-state index in [2.05, 4.69) is 35.8 Å². The van der Waals surface area contributed by atoms with Crippen molar-refractivity contribution in [2.24, 2.45) is 5.73 Å². The normalized spacial score (nSPS) is 11.9. The van der Waals surface area contributed by atoms with Crippen molar-refractivity contribution in [3.8, 4) is 0 Å². The SMILES string of the molecule is CCCCC/C=C\CCOC(=O)CCCCCCCCCN(CCCCCCCCCC(=O)OCCCCCCCCCCN(CCN)CCCCCCCCCCCC)CCOP(O)O. The van der Waals surface area contributed by atoms with Crippen LogP contribution in [0.3, 0.4) is 0 Å². The quantitative estimate of drug-likeness (QED) is 0.0234. The first-order valence-corrected chi connectivity index (χ1v) is 29.5. The number of rotatable bonds is 55. The van der Waals surface area contributed by atoms with Crippen LogP contribution < -0.4 is 5.73 Å². The van der Waals surface area contributed by atoms with Gasteiger partial charge in [-0.15, -0.1) is 0 Å². The number of nitrogens with zero attached hydrogens (tertiary/aromatic N) is 2. The predicted octanol–water partition coefficient (Wildman–Crippen LogP) is 14.7. The van der Waals surface area contributed by atoms with Crippen LogP contribution in [0.25, 0.3) is 0 Å². The van der Waals surface area contributed by atoms with Gasteiger partial charge in [-0.05, 0) is 90.4 Å². The van der Waals surface area contributed by atoms with Crippen molar-refractivity contribution < 1.29 is 33.4 Å². The molecule has 0 aliphatic carbocycles. The Labute approximate surface area is 410 Å². The van der Waals surface area contributed by atoms with Gasteiger partial charge in [-0.25, -0.2) is 0 Å². The van der Waals surface area contributed by atoms with E-state index in [9.17, 15) is 9.59 Å². The molecule has 0 aliphatic heterocycles. The Bertz CT molecular complexity index is 1020. The molecule has 392 valence electrons. The molecule has 0 amide bonds. The Kier molecular flexibility index (Phi) is 53.9. The minimum absolute atomic E-state index is 0.0349. The summed E-state index contributed by atoms with van der Waals surface area (Å²) < 4.78 is 15.9. The van der Waals surface area contributed by atoms with E-state index in [1.807, 2.05) is 0 Å². The molecule has 0 bridgehead atoms. The van der Waals surface area contributed by atoms with Crippen LogP contribution in [0, 0.1) is 0 Å². The number of hydrogen-bond donors (Lipinski definition) is 3. The first kappa shape index (κ1) is 64.9. The molecule has 0 radical (unpaired) electrons. The van der Waals surface area contributed by atoms with Crippen LogP contribution in [0.2, 0.25) is 0 Å². The molecule has 0 rings (SSSR count). The Hall–Kier alpha value is -1.13. The molecule has 0 aromatic carbocycles. The van der Waals surface area contributed by atoms with Gasteiger partial charge in [-0.1, -0.05) is 199 Å². The lowest BCUT2D eigenvalue weighted by atomic mass is 10.1. The van der Waals surface area contributed by atoms with Crippen LogP contribution in [0.5, 0.6) is 0 Å². The first-order chi connectivity index (χ1) is 32.4. The van der Waals surface area contributed by atoms with Gasteiger partial charge in [0.1, 0.15) is 0 Å². The maximum Gasteiger partial charge on any atom is 0.327 e. The largest absolute Gasteiger partial charge is 0.466 e. The molecule has 0 spiro atoms. The van der Waals surface area contributed by atoms with Crippen molar-refractivity contribution in [3.05, 3.63) is 12.2 Å². The van der Waals surface area contributed by atoms with E-state index < -0.39 is 8.60 Å². The van der Waals surface area contributed by atoms with Crippen LogP contribution in [-0.2, 0) is 23.6 Å². The van der Waals surface area contributed by atoms with Gasteiger partial charge in [0.05, 0.1) is 19.8 Å². The van der Waals surface area contributed by atoms with Crippen molar-refractivity contribution in [1.29, 1.82) is 0 Å². The summed E-state index contributed by atoms with van der Waals surface area (Å²) >= 11 is 0. The van der Waals surface area contributed by atoms with E-state index >= 15 is 0 Å². The molecule has 4 N–H and O–H groups in total. The molecule has 0 unspecified atom stereocenters. The predicted molar refractivity (Wildman–Crippen MR) is 282 cm³/mol. The van der Waals surface area contributed by atoms with E-state index in [1.54, 1.807) is 0 Å². The molecule has 66 heavy (non-hydrogen) atoms. The second-order valence-corrected chi connectivity index (χ2v) is 20.0. The van der Waals surface area contributed by atoms with Gasteiger partial charge in [0, 0.05) is 32.5 Å². The van der Waals surface area contributed by atoms with Gasteiger partial charge in [0.25, 0.3) is 0 Å².